The first-order chi connectivity index (χ1) is 8.66. The number of nitrogens with zero attached hydrogens (tertiary/aromatic N) is 2. The molecule has 2 rings (SSSR count). The monoisotopic (exact) mass is 252 g/mol. The molecule has 4 nitrogen and oxygen atoms in total. The summed E-state index contributed by atoms with van der Waals surface area (Å²) in [5.41, 5.74) is 0. The lowest BCUT2D eigenvalue weighted by Gasteiger charge is -2.34. The fourth-order valence-corrected chi connectivity index (χ4v) is 2.97. The van der Waals surface area contributed by atoms with E-state index in [2.05, 4.69) is 4.90 Å². The molecule has 1 unspecified atom stereocenters. The van der Waals surface area contributed by atoms with E-state index in [0.717, 1.165) is 51.9 Å². The molecule has 2 heterocycles. The van der Waals surface area contributed by atoms with Crippen LogP contribution in [-0.4, -0.2) is 54.2 Å². The highest BCUT2D eigenvalue weighted by molar-refractivity contribution is 5.80. The minimum atomic E-state index is 0.146. The van der Waals surface area contributed by atoms with Gasteiger partial charge in [-0.3, -0.25) is 14.5 Å². The molecule has 0 saturated carbocycles. The molecule has 0 aromatic rings. The SMILES string of the molecule is CC(=O)C1CCCN(CC(=O)N2CCCCC2)C1. The van der Waals surface area contributed by atoms with Crippen molar-refractivity contribution < 1.29 is 9.59 Å². The van der Waals surface area contributed by atoms with Gasteiger partial charge in [-0.15, -0.1) is 0 Å². The molecule has 2 fully saturated rings. The second kappa shape index (κ2) is 6.32. The molecule has 1 amide bonds. The van der Waals surface area contributed by atoms with Crippen LogP contribution in [0.4, 0.5) is 0 Å². The van der Waals surface area contributed by atoms with Crippen molar-refractivity contribution in [1.29, 1.82) is 0 Å². The highest BCUT2D eigenvalue weighted by Gasteiger charge is 2.26. The summed E-state index contributed by atoms with van der Waals surface area (Å²) in [4.78, 5) is 27.7. The normalized spacial score (nSPS) is 26.1. The average Bonchev–Trinajstić information content (AvgIpc) is 2.40. The maximum Gasteiger partial charge on any atom is 0.236 e. The zero-order valence-electron chi connectivity index (χ0n) is 11.4. The number of ketones is 1. The first-order valence-corrected chi connectivity index (χ1v) is 7.17. The average molecular weight is 252 g/mol. The van der Waals surface area contributed by atoms with Crippen molar-refractivity contribution in [3.05, 3.63) is 0 Å². The summed E-state index contributed by atoms with van der Waals surface area (Å²) >= 11 is 0. The van der Waals surface area contributed by atoms with Gasteiger partial charge in [0.1, 0.15) is 5.78 Å². The number of amides is 1. The Morgan fingerprint density at radius 3 is 2.44 bits per heavy atom. The second-order valence-corrected chi connectivity index (χ2v) is 5.63. The topological polar surface area (TPSA) is 40.6 Å². The molecule has 0 radical (unpaired) electrons. The summed E-state index contributed by atoms with van der Waals surface area (Å²) in [5, 5.41) is 0. The number of carbonyl (C=O) groups excluding carboxylic acids is 2. The molecule has 102 valence electrons. The Balaban J connectivity index is 1.81. The molecule has 2 aliphatic rings. The zero-order chi connectivity index (χ0) is 13.0. The first-order valence-electron chi connectivity index (χ1n) is 7.17. The summed E-state index contributed by atoms with van der Waals surface area (Å²) in [6, 6.07) is 0. The van der Waals surface area contributed by atoms with E-state index in [-0.39, 0.29) is 17.6 Å². The van der Waals surface area contributed by atoms with Gasteiger partial charge in [0.15, 0.2) is 0 Å². The number of piperidine rings is 2. The molecule has 0 aromatic heterocycles. The van der Waals surface area contributed by atoms with Gasteiger partial charge in [0.25, 0.3) is 0 Å². The van der Waals surface area contributed by atoms with Gasteiger partial charge in [0.05, 0.1) is 6.54 Å². The van der Waals surface area contributed by atoms with Crippen molar-refractivity contribution in [2.75, 3.05) is 32.7 Å². The van der Waals surface area contributed by atoms with Crippen LogP contribution in [0.1, 0.15) is 39.0 Å². The van der Waals surface area contributed by atoms with Gasteiger partial charge in [-0.1, -0.05) is 0 Å². The molecule has 0 aromatic carbocycles. The minimum Gasteiger partial charge on any atom is -0.342 e. The molecule has 2 aliphatic heterocycles. The van der Waals surface area contributed by atoms with Crippen molar-refractivity contribution in [3.8, 4) is 0 Å². The maximum atomic E-state index is 12.1. The lowest BCUT2D eigenvalue weighted by Crippen LogP contribution is -2.46. The molecular weight excluding hydrogens is 228 g/mol. The highest BCUT2D eigenvalue weighted by atomic mass is 16.2. The molecule has 18 heavy (non-hydrogen) atoms. The predicted molar refractivity (Wildman–Crippen MR) is 70.3 cm³/mol. The number of hydrogen-bond acceptors (Lipinski definition) is 3. The summed E-state index contributed by atoms with van der Waals surface area (Å²) in [5.74, 6) is 0.664. The van der Waals surface area contributed by atoms with Crippen molar-refractivity contribution >= 4 is 11.7 Å². The smallest absolute Gasteiger partial charge is 0.236 e. The molecule has 0 aliphatic carbocycles. The van der Waals surface area contributed by atoms with Crippen LogP contribution < -0.4 is 0 Å². The Kier molecular flexibility index (Phi) is 4.75. The largest absolute Gasteiger partial charge is 0.342 e. The Hall–Kier alpha value is -0.900. The summed E-state index contributed by atoms with van der Waals surface area (Å²) in [6.45, 7) is 5.74. The van der Waals surface area contributed by atoms with E-state index in [4.69, 9.17) is 0 Å². The third-order valence-electron chi connectivity index (χ3n) is 4.15. The van der Waals surface area contributed by atoms with Crippen LogP contribution in [-0.2, 0) is 9.59 Å². The van der Waals surface area contributed by atoms with Crippen molar-refractivity contribution in [2.45, 2.75) is 39.0 Å². The van der Waals surface area contributed by atoms with E-state index in [9.17, 15) is 9.59 Å². The number of hydrogen-bond donors (Lipinski definition) is 0. The third kappa shape index (κ3) is 3.55. The second-order valence-electron chi connectivity index (χ2n) is 5.63. The Bertz CT molecular complexity index is 311. The van der Waals surface area contributed by atoms with Crippen LogP contribution in [0.25, 0.3) is 0 Å². The van der Waals surface area contributed by atoms with Gasteiger partial charge in [-0.2, -0.15) is 0 Å². The molecule has 0 N–H and O–H groups in total. The standard InChI is InChI=1S/C14H24N2O2/c1-12(17)13-6-5-7-15(10-13)11-14(18)16-8-3-2-4-9-16/h13H,2-11H2,1H3. The molecule has 0 spiro atoms. The van der Waals surface area contributed by atoms with Gasteiger partial charge >= 0.3 is 0 Å². The Labute approximate surface area is 109 Å². The third-order valence-corrected chi connectivity index (χ3v) is 4.15. The van der Waals surface area contributed by atoms with Crippen molar-refractivity contribution in [1.82, 2.24) is 9.80 Å². The van der Waals surface area contributed by atoms with Gasteiger partial charge in [0.2, 0.25) is 5.91 Å². The van der Waals surface area contributed by atoms with Gasteiger partial charge in [-0.05, 0) is 45.6 Å². The van der Waals surface area contributed by atoms with Crippen LogP contribution in [0.2, 0.25) is 0 Å². The molecule has 2 saturated heterocycles. The van der Waals surface area contributed by atoms with E-state index < -0.39 is 0 Å². The van der Waals surface area contributed by atoms with Crippen LogP contribution in [0, 0.1) is 5.92 Å². The van der Waals surface area contributed by atoms with Crippen LogP contribution in [0.5, 0.6) is 0 Å². The van der Waals surface area contributed by atoms with Gasteiger partial charge < -0.3 is 4.90 Å². The van der Waals surface area contributed by atoms with Gasteiger partial charge in [0, 0.05) is 25.6 Å². The summed E-state index contributed by atoms with van der Waals surface area (Å²) < 4.78 is 0. The number of rotatable bonds is 3. The summed E-state index contributed by atoms with van der Waals surface area (Å²) in [6.07, 6.45) is 5.56. The van der Waals surface area contributed by atoms with E-state index in [0.29, 0.717) is 6.54 Å². The van der Waals surface area contributed by atoms with Crippen molar-refractivity contribution in [3.63, 3.8) is 0 Å². The molecular formula is C14H24N2O2. The quantitative estimate of drug-likeness (QED) is 0.760. The van der Waals surface area contributed by atoms with Crippen LogP contribution >= 0.6 is 0 Å². The lowest BCUT2D eigenvalue weighted by atomic mass is 9.94. The fraction of sp³-hybridized carbons (Fsp3) is 0.857. The van der Waals surface area contributed by atoms with Gasteiger partial charge in [-0.25, -0.2) is 0 Å². The van der Waals surface area contributed by atoms with E-state index >= 15 is 0 Å². The molecule has 0 bridgehead atoms. The Morgan fingerprint density at radius 1 is 1.06 bits per heavy atom. The molecule has 1 atom stereocenters. The van der Waals surface area contributed by atoms with E-state index in [1.807, 2.05) is 4.90 Å². The van der Waals surface area contributed by atoms with Crippen molar-refractivity contribution in [2.24, 2.45) is 5.92 Å². The first kappa shape index (κ1) is 13.5. The molecule has 4 heteroatoms. The zero-order valence-corrected chi connectivity index (χ0v) is 11.4. The minimum absolute atomic E-state index is 0.146. The summed E-state index contributed by atoms with van der Waals surface area (Å²) in [7, 11) is 0. The van der Waals surface area contributed by atoms with E-state index in [1.54, 1.807) is 6.92 Å². The fourth-order valence-electron chi connectivity index (χ4n) is 2.97. The maximum absolute atomic E-state index is 12.1. The Morgan fingerprint density at radius 2 is 1.78 bits per heavy atom. The number of carbonyl (C=O) groups is 2. The van der Waals surface area contributed by atoms with E-state index in [1.165, 1.54) is 6.42 Å². The van der Waals surface area contributed by atoms with Crippen LogP contribution in [0.15, 0.2) is 0 Å². The number of Topliss-reactive ketones (excluding diaryl/α,β-unsaturated/α-hetero) is 1. The lowest BCUT2D eigenvalue weighted by molar-refractivity contribution is -0.134. The number of likely N-dealkylation sites (tertiary alicyclic amines) is 2. The van der Waals surface area contributed by atoms with Crippen LogP contribution in [0.3, 0.4) is 0 Å². The highest BCUT2D eigenvalue weighted by Crippen LogP contribution is 2.17. The predicted octanol–water partition coefficient (Wildman–Crippen LogP) is 1.30.